The Labute approximate surface area is 105 Å². The highest BCUT2D eigenvalue weighted by Gasteiger charge is 2.10. The van der Waals surface area contributed by atoms with Gasteiger partial charge in [-0.2, -0.15) is 0 Å². The fourth-order valence-corrected chi connectivity index (χ4v) is 1.27. The predicted octanol–water partition coefficient (Wildman–Crippen LogP) is 1.73. The average Bonchev–Trinajstić information content (AvgIpc) is 2.30. The zero-order valence-corrected chi connectivity index (χ0v) is 10.4. The number of ketones is 1. The van der Waals surface area contributed by atoms with Gasteiger partial charge in [-0.1, -0.05) is 18.7 Å². The van der Waals surface area contributed by atoms with E-state index in [9.17, 15) is 9.90 Å². The summed E-state index contributed by atoms with van der Waals surface area (Å²) in [6.45, 7) is 6.77. The second kappa shape index (κ2) is 5.27. The van der Waals surface area contributed by atoms with Crippen molar-refractivity contribution in [2.75, 3.05) is 0 Å². The second-order valence-electron chi connectivity index (χ2n) is 3.87. The van der Waals surface area contributed by atoms with E-state index in [0.717, 1.165) is 5.56 Å². The fraction of sp³-hybridized carbons (Fsp3) is 0.154. The number of hydrogen-bond donors (Lipinski definition) is 3. The number of benzene rings is 1. The van der Waals surface area contributed by atoms with Gasteiger partial charge in [-0.05, 0) is 25.5 Å². The van der Waals surface area contributed by atoms with Crippen LogP contribution < -0.4 is 16.2 Å². The molecule has 1 aromatic rings. The van der Waals surface area contributed by atoms with Crippen LogP contribution in [0, 0.1) is 6.92 Å². The van der Waals surface area contributed by atoms with Gasteiger partial charge in [0.2, 0.25) is 0 Å². The van der Waals surface area contributed by atoms with Crippen LogP contribution in [0.15, 0.2) is 42.1 Å². The summed E-state index contributed by atoms with van der Waals surface area (Å²) in [4.78, 5) is 11.3. The first-order chi connectivity index (χ1) is 8.32. The van der Waals surface area contributed by atoms with Crippen LogP contribution in [0.3, 0.4) is 0 Å². The summed E-state index contributed by atoms with van der Waals surface area (Å²) < 4.78 is 5.34. The van der Waals surface area contributed by atoms with Gasteiger partial charge in [-0.3, -0.25) is 4.79 Å². The molecule has 0 aliphatic heterocycles. The molecule has 5 heteroatoms. The molecule has 5 nitrogen and oxygen atoms in total. The lowest BCUT2D eigenvalue weighted by molar-refractivity contribution is 0.101. The van der Waals surface area contributed by atoms with Crippen LogP contribution in [0.1, 0.15) is 22.8 Å². The lowest BCUT2D eigenvalue weighted by Gasteiger charge is -2.12. The number of aryl methyl sites for hydroxylation is 1. The first kappa shape index (κ1) is 13.6. The summed E-state index contributed by atoms with van der Waals surface area (Å²) in [5, 5.41) is 9.46. The third-order valence-electron chi connectivity index (χ3n) is 2.37. The maximum atomic E-state index is 11.3. The molecule has 5 N–H and O–H groups in total. The molecule has 0 amide bonds. The van der Waals surface area contributed by atoms with E-state index in [2.05, 4.69) is 6.58 Å². The summed E-state index contributed by atoms with van der Waals surface area (Å²) in [5.74, 6) is -0.425. The molecule has 0 unspecified atom stereocenters. The topological polar surface area (TPSA) is 98.6 Å². The molecule has 0 aliphatic carbocycles. The van der Waals surface area contributed by atoms with Crippen molar-refractivity contribution in [3.8, 4) is 5.75 Å². The van der Waals surface area contributed by atoms with Crippen molar-refractivity contribution in [1.29, 1.82) is 0 Å². The predicted molar refractivity (Wildman–Crippen MR) is 69.0 cm³/mol. The first-order valence-corrected chi connectivity index (χ1v) is 5.25. The van der Waals surface area contributed by atoms with E-state index < -0.39 is 5.76 Å². The van der Waals surface area contributed by atoms with Crippen LogP contribution in [0.25, 0.3) is 0 Å². The van der Waals surface area contributed by atoms with E-state index in [0.29, 0.717) is 11.3 Å². The molecule has 0 spiro atoms. The largest absolute Gasteiger partial charge is 0.502 e. The molecule has 96 valence electrons. The lowest BCUT2D eigenvalue weighted by Crippen LogP contribution is -2.14. The Morgan fingerprint density at radius 3 is 2.50 bits per heavy atom. The molecule has 0 bridgehead atoms. The Morgan fingerprint density at radius 1 is 1.39 bits per heavy atom. The van der Waals surface area contributed by atoms with Gasteiger partial charge in [-0.25, -0.2) is 0 Å². The van der Waals surface area contributed by atoms with Crippen molar-refractivity contribution < 1.29 is 14.6 Å². The number of ether oxygens (including phenoxy) is 1. The Hall–Kier alpha value is -2.43. The maximum absolute atomic E-state index is 11.3. The molecule has 0 radical (unpaired) electrons. The molecule has 0 aromatic heterocycles. The highest BCUT2D eigenvalue weighted by molar-refractivity contribution is 5.94. The summed E-state index contributed by atoms with van der Waals surface area (Å²) in [5.41, 5.74) is 11.7. The summed E-state index contributed by atoms with van der Waals surface area (Å²) in [6.07, 6.45) is 0. The fourth-order valence-electron chi connectivity index (χ4n) is 1.27. The van der Waals surface area contributed by atoms with Crippen molar-refractivity contribution in [3.05, 3.63) is 53.2 Å². The van der Waals surface area contributed by atoms with Crippen LogP contribution in [0.2, 0.25) is 0 Å². The number of aliphatic hydroxyl groups is 1. The molecule has 18 heavy (non-hydrogen) atoms. The zero-order valence-electron chi connectivity index (χ0n) is 10.4. The Balaban J connectivity index is 3.05. The van der Waals surface area contributed by atoms with Crippen LogP contribution in [-0.4, -0.2) is 10.9 Å². The van der Waals surface area contributed by atoms with E-state index in [1.807, 2.05) is 0 Å². The van der Waals surface area contributed by atoms with E-state index in [4.69, 9.17) is 16.2 Å². The first-order valence-electron chi connectivity index (χ1n) is 5.25. The van der Waals surface area contributed by atoms with Crippen molar-refractivity contribution in [2.45, 2.75) is 13.8 Å². The smallest absolute Gasteiger partial charge is 0.198 e. The monoisotopic (exact) mass is 248 g/mol. The standard InChI is InChI=1S/C13H16N2O3/c1-7-4-5-10(8(2)16)6-11(7)18-9(3)12(17)13(14)15/h4-6,17H,3,14-15H2,1-2H3. The van der Waals surface area contributed by atoms with E-state index in [1.54, 1.807) is 25.1 Å². The van der Waals surface area contributed by atoms with Crippen LogP contribution >= 0.6 is 0 Å². The van der Waals surface area contributed by atoms with Crippen molar-refractivity contribution >= 4 is 5.78 Å². The highest BCUT2D eigenvalue weighted by atomic mass is 16.5. The van der Waals surface area contributed by atoms with Crippen molar-refractivity contribution in [3.63, 3.8) is 0 Å². The molecule has 0 heterocycles. The van der Waals surface area contributed by atoms with Crippen LogP contribution in [0.5, 0.6) is 5.75 Å². The summed E-state index contributed by atoms with van der Waals surface area (Å²) in [7, 11) is 0. The van der Waals surface area contributed by atoms with Gasteiger partial charge < -0.3 is 21.3 Å². The third kappa shape index (κ3) is 3.04. The molecule has 1 rings (SSSR count). The van der Waals surface area contributed by atoms with Gasteiger partial charge in [0, 0.05) is 5.56 Å². The van der Waals surface area contributed by atoms with Crippen molar-refractivity contribution in [1.82, 2.24) is 0 Å². The summed E-state index contributed by atoms with van der Waals surface area (Å²) in [6, 6.07) is 5.01. The van der Waals surface area contributed by atoms with Gasteiger partial charge in [0.25, 0.3) is 0 Å². The molecule has 1 aromatic carbocycles. The van der Waals surface area contributed by atoms with Gasteiger partial charge in [0.05, 0.1) is 0 Å². The Morgan fingerprint density at radius 2 is 2.00 bits per heavy atom. The minimum Gasteiger partial charge on any atom is -0.502 e. The molecule has 0 aliphatic rings. The van der Waals surface area contributed by atoms with Gasteiger partial charge in [-0.15, -0.1) is 0 Å². The molecular weight excluding hydrogens is 232 g/mol. The number of Topliss-reactive ketones (excluding diaryl/α,β-unsaturated/α-hetero) is 1. The Bertz CT molecular complexity index is 529. The molecular formula is C13H16N2O3. The van der Waals surface area contributed by atoms with Crippen molar-refractivity contribution in [2.24, 2.45) is 11.5 Å². The van der Waals surface area contributed by atoms with Gasteiger partial charge >= 0.3 is 0 Å². The van der Waals surface area contributed by atoms with E-state index in [-0.39, 0.29) is 17.4 Å². The molecule has 0 fully saturated rings. The number of carbonyl (C=O) groups excluding carboxylic acids is 1. The number of rotatable bonds is 4. The third-order valence-corrected chi connectivity index (χ3v) is 2.37. The average molecular weight is 248 g/mol. The highest BCUT2D eigenvalue weighted by Crippen LogP contribution is 2.23. The lowest BCUT2D eigenvalue weighted by atomic mass is 10.1. The normalized spacial score (nSPS) is 9.67. The molecule has 0 saturated carbocycles. The summed E-state index contributed by atoms with van der Waals surface area (Å²) >= 11 is 0. The molecule has 0 atom stereocenters. The maximum Gasteiger partial charge on any atom is 0.198 e. The van der Waals surface area contributed by atoms with Gasteiger partial charge in [0.15, 0.2) is 17.3 Å². The van der Waals surface area contributed by atoms with Gasteiger partial charge in [0.1, 0.15) is 11.6 Å². The quantitative estimate of drug-likeness (QED) is 0.428. The van der Waals surface area contributed by atoms with Crippen LogP contribution in [0.4, 0.5) is 0 Å². The number of aliphatic hydroxyl groups excluding tert-OH is 1. The number of hydrogen-bond acceptors (Lipinski definition) is 5. The Kier molecular flexibility index (Phi) is 3.99. The zero-order chi connectivity index (χ0) is 13.9. The SMILES string of the molecule is C=C(Oc1cc(C(C)=O)ccc1C)C(O)=C(N)N. The minimum absolute atomic E-state index is 0.0706. The number of carbonyl (C=O) groups is 1. The molecule has 0 saturated heterocycles. The minimum atomic E-state index is -0.414. The van der Waals surface area contributed by atoms with E-state index in [1.165, 1.54) is 6.92 Å². The number of nitrogens with two attached hydrogens (primary N) is 2. The van der Waals surface area contributed by atoms with E-state index >= 15 is 0 Å². The second-order valence-corrected chi connectivity index (χ2v) is 3.87. The van der Waals surface area contributed by atoms with Crippen LogP contribution in [-0.2, 0) is 0 Å².